The minimum absolute atomic E-state index is 0. The minimum Gasteiger partial charge on any atom is -0.466 e. The predicted octanol–water partition coefficient (Wildman–Crippen LogP) is 10.4. The summed E-state index contributed by atoms with van der Waals surface area (Å²) in [5.74, 6) is 3.67. The molecular formula is C35H64F4O4. The van der Waals surface area contributed by atoms with Crippen molar-refractivity contribution in [2.75, 3.05) is 6.61 Å². The fourth-order valence-electron chi connectivity index (χ4n) is 6.75. The van der Waals surface area contributed by atoms with Crippen molar-refractivity contribution in [1.29, 1.82) is 0 Å². The van der Waals surface area contributed by atoms with Gasteiger partial charge in [0.2, 0.25) is 0 Å². The van der Waals surface area contributed by atoms with Crippen LogP contribution in [-0.2, 0) is 19.1 Å². The van der Waals surface area contributed by atoms with Gasteiger partial charge in [-0.05, 0) is 128 Å². The molecule has 0 amide bonds. The van der Waals surface area contributed by atoms with Crippen LogP contribution in [-0.4, -0.2) is 24.7 Å². The summed E-state index contributed by atoms with van der Waals surface area (Å²) in [5.41, 5.74) is -1.71. The topological polar surface area (TPSA) is 60.4 Å². The molecule has 0 bridgehead atoms. The number of hydrogen-bond donors (Lipinski definition) is 0. The van der Waals surface area contributed by atoms with Gasteiger partial charge in [0.15, 0.2) is 0 Å². The lowest BCUT2D eigenvalue weighted by molar-refractivity contribution is -0.157. The third-order valence-corrected chi connectivity index (χ3v) is 10.9. The average Bonchev–Trinajstić information content (AvgIpc) is 2.90. The monoisotopic (exact) mass is 624 g/mol. The van der Waals surface area contributed by atoms with Gasteiger partial charge in [0.1, 0.15) is 0 Å². The number of hydrogen-bond acceptors (Lipinski definition) is 4. The minimum atomic E-state index is -1.15. The van der Waals surface area contributed by atoms with Crippen LogP contribution >= 0.6 is 0 Å². The highest BCUT2D eigenvalue weighted by Crippen LogP contribution is 2.43. The van der Waals surface area contributed by atoms with Gasteiger partial charge in [-0.1, -0.05) is 53.4 Å². The maximum Gasteiger partial charge on any atom is 0.311 e. The van der Waals surface area contributed by atoms with Crippen LogP contribution in [0.3, 0.4) is 0 Å². The molecule has 0 unspecified atom stereocenters. The first-order valence-corrected chi connectivity index (χ1v) is 16.4. The van der Waals surface area contributed by atoms with E-state index in [2.05, 4.69) is 27.7 Å². The first-order chi connectivity index (χ1) is 18.9. The van der Waals surface area contributed by atoms with Crippen molar-refractivity contribution in [2.24, 2.45) is 51.8 Å². The molecule has 3 aliphatic carbocycles. The van der Waals surface area contributed by atoms with Gasteiger partial charge in [0, 0.05) is 0 Å². The van der Waals surface area contributed by atoms with E-state index in [1.54, 1.807) is 20.8 Å². The highest BCUT2D eigenvalue weighted by Gasteiger charge is 2.40. The van der Waals surface area contributed by atoms with E-state index in [0.29, 0.717) is 24.4 Å². The number of carbonyl (C=O) groups is 3. The maximum atomic E-state index is 12.7. The average molecular weight is 625 g/mol. The Hall–Kier alpha value is -1.47. The summed E-state index contributed by atoms with van der Waals surface area (Å²) in [6.07, 6.45) is 12.6. The SMILES string of the molecule is CC(C)C1CCC(C)(C(=O)F)CC1.CC1CCC(C(C)(C)C(=O)F)CC1.CCOC(=O)C(C)(C)C1CCC(C)CC1.F.F. The third-order valence-electron chi connectivity index (χ3n) is 10.9. The van der Waals surface area contributed by atoms with E-state index in [4.69, 9.17) is 4.74 Å². The molecule has 0 aliphatic heterocycles. The summed E-state index contributed by atoms with van der Waals surface area (Å²) in [5, 5.41) is 0. The number of halogens is 4. The van der Waals surface area contributed by atoms with E-state index >= 15 is 0 Å². The van der Waals surface area contributed by atoms with E-state index in [-0.39, 0.29) is 26.7 Å². The van der Waals surface area contributed by atoms with Crippen LogP contribution in [0.4, 0.5) is 18.2 Å². The molecule has 0 saturated heterocycles. The van der Waals surface area contributed by atoms with Crippen LogP contribution in [0.5, 0.6) is 0 Å². The van der Waals surface area contributed by atoms with Crippen molar-refractivity contribution in [1.82, 2.24) is 0 Å². The summed E-state index contributed by atoms with van der Waals surface area (Å²) in [6, 6.07) is -2.26. The Morgan fingerprint density at radius 3 is 1.42 bits per heavy atom. The van der Waals surface area contributed by atoms with Gasteiger partial charge in [0.05, 0.1) is 22.9 Å². The molecule has 0 heterocycles. The summed E-state index contributed by atoms with van der Waals surface area (Å²) >= 11 is 0. The number of esters is 1. The smallest absolute Gasteiger partial charge is 0.311 e. The molecule has 0 aromatic carbocycles. The van der Waals surface area contributed by atoms with Crippen LogP contribution in [0.2, 0.25) is 0 Å². The van der Waals surface area contributed by atoms with Gasteiger partial charge in [-0.3, -0.25) is 23.8 Å². The normalized spacial score (nSPS) is 29.3. The van der Waals surface area contributed by atoms with Gasteiger partial charge in [-0.15, -0.1) is 0 Å². The molecule has 3 rings (SSSR count). The van der Waals surface area contributed by atoms with Crippen LogP contribution < -0.4 is 0 Å². The van der Waals surface area contributed by atoms with E-state index in [1.165, 1.54) is 25.7 Å². The second-order valence-electron chi connectivity index (χ2n) is 15.3. The lowest BCUT2D eigenvalue weighted by Crippen LogP contribution is -2.36. The molecule has 3 saturated carbocycles. The molecule has 0 spiro atoms. The lowest BCUT2D eigenvalue weighted by Gasteiger charge is -2.36. The number of ether oxygens (including phenoxy) is 1. The molecule has 43 heavy (non-hydrogen) atoms. The van der Waals surface area contributed by atoms with Gasteiger partial charge < -0.3 is 4.74 Å². The highest BCUT2D eigenvalue weighted by molar-refractivity contribution is 5.76. The highest BCUT2D eigenvalue weighted by atomic mass is 19.1. The maximum absolute atomic E-state index is 12.7. The fourth-order valence-corrected chi connectivity index (χ4v) is 6.75. The molecule has 256 valence electrons. The Kier molecular flexibility index (Phi) is 19.4. The number of rotatable bonds is 7. The standard InChI is InChI=1S/C13H24O2.2C11H19FO.2FH/c1-5-15-12(14)13(3,4)11-8-6-10(2)7-9-11;1-8-4-6-9(7-5-8)11(2,3)10(12)13;1-8(2)9-4-6-11(3,7-5-9)10(12)13;;/h10-11H,5-9H2,1-4H3;2*8-9H,4-7H2,1-3H3;2*1H. The lowest BCUT2D eigenvalue weighted by atomic mass is 9.69. The summed E-state index contributed by atoms with van der Waals surface area (Å²) in [6.45, 7) is 20.6. The molecule has 3 aliphatic rings. The van der Waals surface area contributed by atoms with Crippen molar-refractivity contribution < 1.29 is 37.3 Å². The Balaban J connectivity index is 0. The molecule has 0 aromatic heterocycles. The Morgan fingerprint density at radius 1 is 0.744 bits per heavy atom. The van der Waals surface area contributed by atoms with Crippen LogP contribution in [0, 0.1) is 51.8 Å². The van der Waals surface area contributed by atoms with E-state index in [1.807, 2.05) is 20.8 Å². The van der Waals surface area contributed by atoms with Gasteiger partial charge in [0.25, 0.3) is 0 Å². The molecule has 0 radical (unpaired) electrons. The van der Waals surface area contributed by atoms with Gasteiger partial charge in [-0.25, -0.2) is 0 Å². The van der Waals surface area contributed by atoms with Crippen molar-refractivity contribution in [3.8, 4) is 0 Å². The van der Waals surface area contributed by atoms with E-state index < -0.39 is 22.9 Å². The molecule has 0 aromatic rings. The number of carbonyl (C=O) groups excluding carboxylic acids is 3. The molecule has 8 heteroatoms. The van der Waals surface area contributed by atoms with Gasteiger partial charge >= 0.3 is 18.0 Å². The zero-order valence-corrected chi connectivity index (χ0v) is 28.9. The van der Waals surface area contributed by atoms with Crippen molar-refractivity contribution in [3.05, 3.63) is 0 Å². The fraction of sp³-hybridized carbons (Fsp3) is 0.914. The first-order valence-electron chi connectivity index (χ1n) is 16.4. The summed E-state index contributed by atoms with van der Waals surface area (Å²) < 4.78 is 30.5. The second kappa shape index (κ2) is 19.1. The zero-order valence-electron chi connectivity index (χ0n) is 28.9. The first kappa shape index (κ1) is 43.7. The third kappa shape index (κ3) is 13.2. The molecular weight excluding hydrogens is 560 g/mol. The summed E-state index contributed by atoms with van der Waals surface area (Å²) in [4.78, 5) is 33.3. The van der Waals surface area contributed by atoms with E-state index in [0.717, 1.165) is 63.2 Å². The Labute approximate surface area is 260 Å². The molecule has 3 fully saturated rings. The summed E-state index contributed by atoms with van der Waals surface area (Å²) in [7, 11) is 0. The van der Waals surface area contributed by atoms with Crippen molar-refractivity contribution in [2.45, 2.75) is 146 Å². The van der Waals surface area contributed by atoms with Crippen LogP contribution in [0.25, 0.3) is 0 Å². The van der Waals surface area contributed by atoms with E-state index in [9.17, 15) is 23.2 Å². The quantitative estimate of drug-likeness (QED) is 0.161. The predicted molar refractivity (Wildman–Crippen MR) is 169 cm³/mol. The van der Waals surface area contributed by atoms with Crippen LogP contribution in [0.15, 0.2) is 0 Å². The Bertz CT molecular complexity index is 818. The van der Waals surface area contributed by atoms with Crippen molar-refractivity contribution in [3.63, 3.8) is 0 Å². The largest absolute Gasteiger partial charge is 0.466 e. The Morgan fingerprint density at radius 2 is 1.12 bits per heavy atom. The molecule has 4 nitrogen and oxygen atoms in total. The van der Waals surface area contributed by atoms with Crippen molar-refractivity contribution >= 4 is 18.0 Å². The van der Waals surface area contributed by atoms with Gasteiger partial charge in [-0.2, -0.15) is 8.78 Å². The zero-order chi connectivity index (χ0) is 31.6. The van der Waals surface area contributed by atoms with Crippen LogP contribution in [0.1, 0.15) is 146 Å². The second-order valence-corrected chi connectivity index (χ2v) is 15.3. The molecule has 0 N–H and O–H groups in total. The molecule has 0 atom stereocenters.